The molecule has 0 radical (unpaired) electrons. The van der Waals surface area contributed by atoms with Gasteiger partial charge in [0.2, 0.25) is 0 Å². The van der Waals surface area contributed by atoms with E-state index in [0.717, 1.165) is 0 Å². The molecule has 0 saturated heterocycles. The van der Waals surface area contributed by atoms with Crippen molar-refractivity contribution in [1.82, 2.24) is 0 Å². The number of methoxy groups -OCH3 is 2. The van der Waals surface area contributed by atoms with Crippen LogP contribution in [0.25, 0.3) is 0 Å². The second kappa shape index (κ2) is 4.89. The molecule has 0 aliphatic rings. The number of carbonyl (C=O) groups excluding carboxylic acids is 1. The third-order valence-corrected chi connectivity index (χ3v) is 2.09. The van der Waals surface area contributed by atoms with Crippen LogP contribution in [0.4, 0.5) is 4.39 Å². The Morgan fingerprint density at radius 2 is 2.07 bits per heavy atom. The molecule has 1 aromatic carbocycles. The number of ether oxygens (including phenoxy) is 2. The molecule has 0 aromatic heterocycles. The lowest BCUT2D eigenvalue weighted by atomic mass is 10.1. The summed E-state index contributed by atoms with van der Waals surface area (Å²) in [7, 11) is 2.90. The molecule has 1 rings (SSSR count). The first kappa shape index (κ1) is 11.7. The van der Waals surface area contributed by atoms with E-state index < -0.39 is 5.82 Å². The number of Topliss-reactive ketones (excluding diaryl/α,β-unsaturated/α-hetero) is 1. The zero-order valence-corrected chi connectivity index (χ0v) is 8.96. The number of ketones is 1. The van der Waals surface area contributed by atoms with E-state index in [2.05, 4.69) is 0 Å². The first-order chi connectivity index (χ1) is 7.11. The molecule has 0 N–H and O–H groups in total. The van der Waals surface area contributed by atoms with Crippen LogP contribution in [0.2, 0.25) is 0 Å². The molecule has 0 fully saturated rings. The molecule has 0 spiro atoms. The van der Waals surface area contributed by atoms with E-state index in [1.807, 2.05) is 0 Å². The number of halogens is 1. The molecule has 0 amide bonds. The van der Waals surface area contributed by atoms with Crippen molar-refractivity contribution in [2.45, 2.75) is 13.5 Å². The molecule has 0 saturated carbocycles. The summed E-state index contributed by atoms with van der Waals surface area (Å²) in [6.07, 6.45) is 0. The minimum Gasteiger partial charge on any atom is -0.496 e. The monoisotopic (exact) mass is 212 g/mol. The van der Waals surface area contributed by atoms with Gasteiger partial charge in [0.25, 0.3) is 0 Å². The Morgan fingerprint density at radius 3 is 2.53 bits per heavy atom. The second-order valence-corrected chi connectivity index (χ2v) is 3.10. The average molecular weight is 212 g/mol. The van der Waals surface area contributed by atoms with Crippen molar-refractivity contribution in [2.75, 3.05) is 14.2 Å². The summed E-state index contributed by atoms with van der Waals surface area (Å²) in [5.74, 6) is -0.490. The second-order valence-electron chi connectivity index (χ2n) is 3.10. The minimum absolute atomic E-state index is 0.0582. The fourth-order valence-corrected chi connectivity index (χ4v) is 1.35. The van der Waals surface area contributed by atoms with E-state index in [1.54, 1.807) is 6.07 Å². The van der Waals surface area contributed by atoms with Gasteiger partial charge in [-0.3, -0.25) is 4.79 Å². The number of hydrogen-bond donors (Lipinski definition) is 0. The molecule has 0 aliphatic carbocycles. The first-order valence-corrected chi connectivity index (χ1v) is 4.47. The van der Waals surface area contributed by atoms with Gasteiger partial charge in [0.15, 0.2) is 5.78 Å². The van der Waals surface area contributed by atoms with Gasteiger partial charge in [0, 0.05) is 7.11 Å². The van der Waals surface area contributed by atoms with Crippen molar-refractivity contribution in [1.29, 1.82) is 0 Å². The molecule has 0 unspecified atom stereocenters. The minimum atomic E-state index is -0.566. The molecule has 4 heteroatoms. The Balaban J connectivity index is 3.28. The molecule has 0 bridgehead atoms. The lowest BCUT2D eigenvalue weighted by Gasteiger charge is -2.10. The molecule has 15 heavy (non-hydrogen) atoms. The smallest absolute Gasteiger partial charge is 0.162 e. The standard InChI is InChI=1S/C11H13FO3/c1-7(13)8-4-5-10(15-3)9(6-14-2)11(8)12/h4-5H,6H2,1-3H3. The topological polar surface area (TPSA) is 35.5 Å². The highest BCUT2D eigenvalue weighted by molar-refractivity contribution is 5.94. The Kier molecular flexibility index (Phi) is 3.80. The summed E-state index contributed by atoms with van der Waals surface area (Å²) in [6, 6.07) is 2.98. The van der Waals surface area contributed by atoms with E-state index in [9.17, 15) is 9.18 Å². The van der Waals surface area contributed by atoms with Crippen LogP contribution < -0.4 is 4.74 Å². The molecular weight excluding hydrogens is 199 g/mol. The maximum atomic E-state index is 13.8. The molecule has 0 heterocycles. The van der Waals surface area contributed by atoms with Crippen LogP contribution >= 0.6 is 0 Å². The fraction of sp³-hybridized carbons (Fsp3) is 0.364. The zero-order valence-electron chi connectivity index (χ0n) is 8.96. The molecule has 0 atom stereocenters. The highest BCUT2D eigenvalue weighted by Gasteiger charge is 2.16. The summed E-state index contributed by atoms with van der Waals surface area (Å²) in [5, 5.41) is 0. The highest BCUT2D eigenvalue weighted by atomic mass is 19.1. The van der Waals surface area contributed by atoms with E-state index in [0.29, 0.717) is 5.75 Å². The van der Waals surface area contributed by atoms with Gasteiger partial charge in [0.1, 0.15) is 11.6 Å². The fourth-order valence-electron chi connectivity index (χ4n) is 1.35. The van der Waals surface area contributed by atoms with Crippen LogP contribution in [0.5, 0.6) is 5.75 Å². The van der Waals surface area contributed by atoms with Gasteiger partial charge in [0.05, 0.1) is 24.8 Å². The maximum Gasteiger partial charge on any atom is 0.162 e. The van der Waals surface area contributed by atoms with E-state index in [4.69, 9.17) is 9.47 Å². The molecule has 1 aromatic rings. The van der Waals surface area contributed by atoms with Gasteiger partial charge in [-0.05, 0) is 19.1 Å². The lowest BCUT2D eigenvalue weighted by molar-refractivity contribution is 0.101. The summed E-state index contributed by atoms with van der Waals surface area (Å²) < 4.78 is 23.6. The van der Waals surface area contributed by atoms with Crippen LogP contribution in [0.15, 0.2) is 12.1 Å². The van der Waals surface area contributed by atoms with Crippen LogP contribution in [-0.4, -0.2) is 20.0 Å². The van der Waals surface area contributed by atoms with Crippen molar-refractivity contribution in [3.63, 3.8) is 0 Å². The molecule has 82 valence electrons. The maximum absolute atomic E-state index is 13.8. The van der Waals surface area contributed by atoms with Crippen LogP contribution in [0.1, 0.15) is 22.8 Å². The van der Waals surface area contributed by atoms with Gasteiger partial charge in [-0.2, -0.15) is 0 Å². The summed E-state index contributed by atoms with van der Waals surface area (Å²) >= 11 is 0. The summed E-state index contributed by atoms with van der Waals surface area (Å²) in [6.45, 7) is 1.40. The highest BCUT2D eigenvalue weighted by Crippen LogP contribution is 2.25. The van der Waals surface area contributed by atoms with Gasteiger partial charge >= 0.3 is 0 Å². The van der Waals surface area contributed by atoms with Crippen LogP contribution in [0.3, 0.4) is 0 Å². The Labute approximate surface area is 87.8 Å². The van der Waals surface area contributed by atoms with Gasteiger partial charge in [-0.1, -0.05) is 0 Å². The van der Waals surface area contributed by atoms with Crippen molar-refractivity contribution in [2.24, 2.45) is 0 Å². The number of carbonyl (C=O) groups is 1. The van der Waals surface area contributed by atoms with Crippen molar-refractivity contribution in [3.8, 4) is 5.75 Å². The molecular formula is C11H13FO3. The van der Waals surface area contributed by atoms with E-state index >= 15 is 0 Å². The predicted octanol–water partition coefficient (Wildman–Crippen LogP) is 2.18. The SMILES string of the molecule is COCc1c(OC)ccc(C(C)=O)c1F. The number of benzene rings is 1. The summed E-state index contributed by atoms with van der Waals surface area (Å²) in [5.41, 5.74) is 0.329. The third kappa shape index (κ3) is 2.33. The predicted molar refractivity (Wildman–Crippen MR) is 53.7 cm³/mol. The molecule has 0 aliphatic heterocycles. The first-order valence-electron chi connectivity index (χ1n) is 4.47. The normalized spacial score (nSPS) is 10.1. The van der Waals surface area contributed by atoms with Crippen molar-refractivity contribution < 1.29 is 18.7 Å². The van der Waals surface area contributed by atoms with Gasteiger partial charge in [-0.25, -0.2) is 4.39 Å². The van der Waals surface area contributed by atoms with Crippen molar-refractivity contribution in [3.05, 3.63) is 29.1 Å². The lowest BCUT2D eigenvalue weighted by Crippen LogP contribution is -2.04. The van der Waals surface area contributed by atoms with Crippen LogP contribution in [0, 0.1) is 5.82 Å². The quantitative estimate of drug-likeness (QED) is 0.717. The average Bonchev–Trinajstić information content (AvgIpc) is 2.20. The van der Waals surface area contributed by atoms with Gasteiger partial charge < -0.3 is 9.47 Å². The molecule has 3 nitrogen and oxygen atoms in total. The number of rotatable bonds is 4. The van der Waals surface area contributed by atoms with E-state index in [-0.39, 0.29) is 23.5 Å². The largest absolute Gasteiger partial charge is 0.496 e. The zero-order chi connectivity index (χ0) is 11.4. The van der Waals surface area contributed by atoms with Crippen molar-refractivity contribution >= 4 is 5.78 Å². The Hall–Kier alpha value is -1.42. The number of hydrogen-bond acceptors (Lipinski definition) is 3. The summed E-state index contributed by atoms with van der Waals surface area (Å²) in [4.78, 5) is 11.1. The van der Waals surface area contributed by atoms with Crippen LogP contribution in [-0.2, 0) is 11.3 Å². The van der Waals surface area contributed by atoms with E-state index in [1.165, 1.54) is 27.2 Å². The van der Waals surface area contributed by atoms with Gasteiger partial charge in [-0.15, -0.1) is 0 Å². The Morgan fingerprint density at radius 1 is 1.40 bits per heavy atom. The third-order valence-electron chi connectivity index (χ3n) is 2.09. The Bertz CT molecular complexity index is 374.